The van der Waals surface area contributed by atoms with Gasteiger partial charge in [-0.1, -0.05) is 72.3 Å². The van der Waals surface area contributed by atoms with E-state index < -0.39 is 0 Å². The fourth-order valence-corrected chi connectivity index (χ4v) is 2.86. The Balaban J connectivity index is 1.97. The Morgan fingerprint density at radius 3 is 2.35 bits per heavy atom. The van der Waals surface area contributed by atoms with Gasteiger partial charge in [-0.15, -0.1) is 0 Å². The van der Waals surface area contributed by atoms with E-state index in [1.165, 1.54) is 4.68 Å². The maximum Gasteiger partial charge on any atom is 0.282 e. The first-order chi connectivity index (χ1) is 12.7. The third kappa shape index (κ3) is 3.15. The summed E-state index contributed by atoms with van der Waals surface area (Å²) >= 11 is 6.07. The molecule has 4 rings (SSSR count). The van der Waals surface area contributed by atoms with E-state index in [1.54, 1.807) is 24.4 Å². The lowest BCUT2D eigenvalue weighted by atomic mass is 10.2. The largest absolute Gasteiger partial charge is 0.282 e. The van der Waals surface area contributed by atoms with Crippen molar-refractivity contribution in [3.63, 3.8) is 0 Å². The molecule has 3 aromatic carbocycles. The Labute approximate surface area is 155 Å². The minimum atomic E-state index is -0.238. The van der Waals surface area contributed by atoms with Crippen LogP contribution in [0, 0.1) is 0 Å². The van der Waals surface area contributed by atoms with Crippen LogP contribution < -0.4 is 5.56 Å². The topological polar surface area (TPSA) is 47.2 Å². The van der Waals surface area contributed by atoms with Gasteiger partial charge in [-0.3, -0.25) is 4.79 Å². The Morgan fingerprint density at radius 2 is 1.62 bits per heavy atom. The number of hydrogen-bond acceptors (Lipinski definition) is 3. The van der Waals surface area contributed by atoms with Crippen LogP contribution in [-0.4, -0.2) is 15.9 Å². The summed E-state index contributed by atoms with van der Waals surface area (Å²) in [5.41, 5.74) is 2.01. The second kappa shape index (κ2) is 6.94. The average Bonchev–Trinajstić information content (AvgIpc) is 2.68. The average molecular weight is 360 g/mol. The monoisotopic (exact) mass is 359 g/mol. The van der Waals surface area contributed by atoms with Crippen LogP contribution >= 0.6 is 11.6 Å². The number of halogens is 1. The summed E-state index contributed by atoms with van der Waals surface area (Å²) in [5, 5.41) is 5.42. The molecule has 0 saturated heterocycles. The predicted molar refractivity (Wildman–Crippen MR) is 106 cm³/mol. The van der Waals surface area contributed by atoms with Gasteiger partial charge in [0.2, 0.25) is 0 Å². The second-order valence-corrected chi connectivity index (χ2v) is 6.17. The molecule has 0 aliphatic rings. The lowest BCUT2D eigenvalue weighted by molar-refractivity contribution is 0.830. The molecule has 0 unspecified atom stereocenters. The van der Waals surface area contributed by atoms with E-state index in [-0.39, 0.29) is 5.56 Å². The molecule has 1 aromatic heterocycles. The molecule has 0 spiro atoms. The van der Waals surface area contributed by atoms with Gasteiger partial charge < -0.3 is 0 Å². The number of rotatable bonds is 3. The van der Waals surface area contributed by atoms with Crippen molar-refractivity contribution in [1.82, 2.24) is 9.66 Å². The quantitative estimate of drug-likeness (QED) is 0.502. The van der Waals surface area contributed by atoms with E-state index in [0.29, 0.717) is 21.7 Å². The standard InChI is InChI=1S/C21H14ClN3O/c22-17-11-12-18-19(13-17)24-20(16-9-5-2-6-10-16)25(21(18)26)23-14-15-7-3-1-4-8-15/h1-14H/b23-14+. The van der Waals surface area contributed by atoms with Crippen LogP contribution in [-0.2, 0) is 0 Å². The molecule has 0 saturated carbocycles. The SMILES string of the molecule is O=c1c2ccc(Cl)cc2nc(-c2ccccc2)n1/N=C/c1ccccc1. The maximum atomic E-state index is 13.0. The summed E-state index contributed by atoms with van der Waals surface area (Å²) in [6.45, 7) is 0. The van der Waals surface area contributed by atoms with Crippen LogP contribution in [0.15, 0.2) is 88.8 Å². The maximum absolute atomic E-state index is 13.0. The zero-order valence-corrected chi connectivity index (χ0v) is 14.5. The van der Waals surface area contributed by atoms with E-state index >= 15 is 0 Å². The van der Waals surface area contributed by atoms with E-state index in [4.69, 9.17) is 11.6 Å². The van der Waals surface area contributed by atoms with Gasteiger partial charge >= 0.3 is 0 Å². The Kier molecular flexibility index (Phi) is 4.33. The van der Waals surface area contributed by atoms with Crippen LogP contribution in [0.2, 0.25) is 5.02 Å². The number of fused-ring (bicyclic) bond motifs is 1. The van der Waals surface area contributed by atoms with Gasteiger partial charge in [0, 0.05) is 10.6 Å². The Morgan fingerprint density at radius 1 is 0.923 bits per heavy atom. The van der Waals surface area contributed by atoms with E-state index in [1.807, 2.05) is 60.7 Å². The van der Waals surface area contributed by atoms with Crippen molar-refractivity contribution >= 4 is 28.7 Å². The van der Waals surface area contributed by atoms with Crippen LogP contribution in [0.5, 0.6) is 0 Å². The van der Waals surface area contributed by atoms with Crippen molar-refractivity contribution in [3.8, 4) is 11.4 Å². The van der Waals surface area contributed by atoms with Gasteiger partial charge in [0.05, 0.1) is 17.1 Å². The van der Waals surface area contributed by atoms with Gasteiger partial charge in [-0.25, -0.2) is 4.98 Å². The molecule has 0 aliphatic carbocycles. The first-order valence-corrected chi connectivity index (χ1v) is 8.47. The first-order valence-electron chi connectivity index (χ1n) is 8.09. The van der Waals surface area contributed by atoms with Gasteiger partial charge in [0.1, 0.15) is 0 Å². The summed E-state index contributed by atoms with van der Waals surface area (Å²) in [7, 11) is 0. The van der Waals surface area contributed by atoms with Crippen molar-refractivity contribution in [1.29, 1.82) is 0 Å². The fraction of sp³-hybridized carbons (Fsp3) is 0. The molecular formula is C21H14ClN3O. The van der Waals surface area contributed by atoms with Crippen LogP contribution in [0.25, 0.3) is 22.3 Å². The van der Waals surface area contributed by atoms with Gasteiger partial charge in [0.15, 0.2) is 5.82 Å². The highest BCUT2D eigenvalue weighted by Crippen LogP contribution is 2.21. The minimum Gasteiger partial charge on any atom is -0.267 e. The van der Waals surface area contributed by atoms with Gasteiger partial charge in [-0.2, -0.15) is 9.78 Å². The number of hydrogen-bond donors (Lipinski definition) is 0. The molecule has 0 N–H and O–H groups in total. The number of benzene rings is 3. The van der Waals surface area contributed by atoms with E-state index in [0.717, 1.165) is 11.1 Å². The molecule has 0 amide bonds. The number of nitrogens with zero attached hydrogens (tertiary/aromatic N) is 3. The highest BCUT2D eigenvalue weighted by molar-refractivity contribution is 6.31. The van der Waals surface area contributed by atoms with Gasteiger partial charge in [-0.05, 0) is 23.8 Å². The highest BCUT2D eigenvalue weighted by Gasteiger charge is 2.12. The molecule has 0 bridgehead atoms. The first kappa shape index (κ1) is 16.2. The minimum absolute atomic E-state index is 0.238. The molecule has 26 heavy (non-hydrogen) atoms. The third-order valence-corrected chi connectivity index (χ3v) is 4.20. The highest BCUT2D eigenvalue weighted by atomic mass is 35.5. The smallest absolute Gasteiger partial charge is 0.267 e. The lowest BCUT2D eigenvalue weighted by Gasteiger charge is -2.09. The van der Waals surface area contributed by atoms with E-state index in [2.05, 4.69) is 10.1 Å². The lowest BCUT2D eigenvalue weighted by Crippen LogP contribution is -2.20. The Hall–Kier alpha value is -3.24. The molecule has 4 nitrogen and oxygen atoms in total. The molecular weight excluding hydrogens is 346 g/mol. The zero-order chi connectivity index (χ0) is 17.9. The van der Waals surface area contributed by atoms with Crippen molar-refractivity contribution in [2.75, 3.05) is 0 Å². The van der Waals surface area contributed by atoms with Crippen LogP contribution in [0.3, 0.4) is 0 Å². The van der Waals surface area contributed by atoms with E-state index in [9.17, 15) is 4.79 Å². The summed E-state index contributed by atoms with van der Waals surface area (Å²) in [4.78, 5) is 17.7. The summed E-state index contributed by atoms with van der Waals surface area (Å²) in [6.07, 6.45) is 1.65. The van der Waals surface area contributed by atoms with Crippen LogP contribution in [0.1, 0.15) is 5.56 Å². The van der Waals surface area contributed by atoms with Crippen molar-refractivity contribution in [2.45, 2.75) is 0 Å². The van der Waals surface area contributed by atoms with Crippen molar-refractivity contribution in [3.05, 3.63) is 99.8 Å². The molecule has 0 aliphatic heterocycles. The molecule has 0 atom stereocenters. The van der Waals surface area contributed by atoms with Crippen LogP contribution in [0.4, 0.5) is 0 Å². The number of aromatic nitrogens is 2. The van der Waals surface area contributed by atoms with Crippen molar-refractivity contribution < 1.29 is 0 Å². The molecule has 1 heterocycles. The molecule has 5 heteroatoms. The third-order valence-electron chi connectivity index (χ3n) is 3.96. The summed E-state index contributed by atoms with van der Waals surface area (Å²) < 4.78 is 1.33. The normalized spacial score (nSPS) is 11.3. The molecule has 4 aromatic rings. The zero-order valence-electron chi connectivity index (χ0n) is 13.7. The summed E-state index contributed by atoms with van der Waals surface area (Å²) in [6, 6.07) is 24.2. The Bertz CT molecular complexity index is 1150. The molecule has 126 valence electrons. The molecule has 0 radical (unpaired) electrons. The van der Waals surface area contributed by atoms with Crippen molar-refractivity contribution in [2.24, 2.45) is 5.10 Å². The van der Waals surface area contributed by atoms with Gasteiger partial charge in [0.25, 0.3) is 5.56 Å². The predicted octanol–water partition coefficient (Wildman–Crippen LogP) is 4.60. The second-order valence-electron chi connectivity index (χ2n) is 5.74. The molecule has 0 fully saturated rings. The summed E-state index contributed by atoms with van der Waals surface area (Å²) in [5.74, 6) is 0.470. The fourth-order valence-electron chi connectivity index (χ4n) is 2.69.